The molecule has 1 aliphatic rings. The molecule has 0 amide bonds. The lowest BCUT2D eigenvalue weighted by Crippen LogP contribution is -2.19. The number of para-hydroxylation sites is 1. The molecule has 0 saturated heterocycles. The number of ketones is 1. The Morgan fingerprint density at radius 3 is 2.62 bits per heavy atom. The summed E-state index contributed by atoms with van der Waals surface area (Å²) in [5.41, 5.74) is 3.47. The number of carbonyl (C=O) groups excluding carboxylic acids is 1. The minimum absolute atomic E-state index is 0.0366. The number of aromatic amines is 1. The standard InChI is InChI=1S/C22H20N2O2/c25-21-11-17(15-6-2-1-3-7-15)12-22(26)19(21)14-23-13-18-10-16-8-4-5-9-20(16)24-18/h1-10,14,17,24-25H,11-13H2. The average molecular weight is 344 g/mol. The first-order chi connectivity index (χ1) is 12.7. The van der Waals surface area contributed by atoms with Crippen LogP contribution in [0, 0.1) is 0 Å². The molecule has 0 bridgehead atoms. The van der Waals surface area contributed by atoms with Gasteiger partial charge in [0.1, 0.15) is 5.76 Å². The van der Waals surface area contributed by atoms with Gasteiger partial charge in [0, 0.05) is 30.3 Å². The third kappa shape index (κ3) is 3.31. The molecule has 130 valence electrons. The third-order valence-electron chi connectivity index (χ3n) is 4.82. The van der Waals surface area contributed by atoms with Gasteiger partial charge in [-0.15, -0.1) is 0 Å². The van der Waals surface area contributed by atoms with Gasteiger partial charge in [-0.1, -0.05) is 48.5 Å². The number of nitrogens with zero attached hydrogens (tertiary/aromatic N) is 1. The second-order valence-corrected chi connectivity index (χ2v) is 6.65. The Morgan fingerprint density at radius 1 is 1.08 bits per heavy atom. The van der Waals surface area contributed by atoms with Crippen molar-refractivity contribution in [3.63, 3.8) is 0 Å². The van der Waals surface area contributed by atoms with Crippen LogP contribution in [0.25, 0.3) is 10.9 Å². The number of hydrogen-bond donors (Lipinski definition) is 2. The Morgan fingerprint density at radius 2 is 1.85 bits per heavy atom. The zero-order valence-corrected chi connectivity index (χ0v) is 14.4. The molecule has 3 aromatic rings. The van der Waals surface area contributed by atoms with E-state index in [1.807, 2.05) is 54.6 Å². The molecule has 0 saturated carbocycles. The highest BCUT2D eigenvalue weighted by atomic mass is 16.3. The fourth-order valence-electron chi connectivity index (χ4n) is 3.47. The van der Waals surface area contributed by atoms with Crippen LogP contribution in [0.3, 0.4) is 0 Å². The van der Waals surface area contributed by atoms with Crippen molar-refractivity contribution < 1.29 is 9.90 Å². The highest BCUT2D eigenvalue weighted by Gasteiger charge is 2.27. The molecule has 1 atom stereocenters. The Labute approximate surface area is 151 Å². The zero-order valence-electron chi connectivity index (χ0n) is 14.4. The van der Waals surface area contributed by atoms with Crippen LogP contribution in [-0.2, 0) is 11.3 Å². The van der Waals surface area contributed by atoms with Crippen molar-refractivity contribution in [3.05, 3.63) is 83.3 Å². The molecule has 2 aromatic carbocycles. The van der Waals surface area contributed by atoms with Crippen molar-refractivity contribution in [2.24, 2.45) is 4.99 Å². The first-order valence-corrected chi connectivity index (χ1v) is 8.77. The topological polar surface area (TPSA) is 65.4 Å². The van der Waals surface area contributed by atoms with Crippen LogP contribution in [0.4, 0.5) is 0 Å². The molecule has 26 heavy (non-hydrogen) atoms. The predicted molar refractivity (Wildman–Crippen MR) is 104 cm³/mol. The van der Waals surface area contributed by atoms with E-state index in [1.165, 1.54) is 6.21 Å². The molecule has 4 heteroatoms. The van der Waals surface area contributed by atoms with Gasteiger partial charge < -0.3 is 10.1 Å². The van der Waals surface area contributed by atoms with E-state index in [2.05, 4.69) is 16.0 Å². The Bertz CT molecular complexity index is 966. The van der Waals surface area contributed by atoms with Gasteiger partial charge in [-0.05, 0) is 29.0 Å². The Balaban J connectivity index is 1.48. The summed E-state index contributed by atoms with van der Waals surface area (Å²) in [7, 11) is 0. The number of nitrogens with one attached hydrogen (secondary N) is 1. The smallest absolute Gasteiger partial charge is 0.168 e. The average Bonchev–Trinajstić information content (AvgIpc) is 3.07. The molecule has 1 heterocycles. The summed E-state index contributed by atoms with van der Waals surface area (Å²) < 4.78 is 0. The second kappa shape index (κ2) is 7.00. The highest BCUT2D eigenvalue weighted by molar-refractivity contribution is 6.14. The fraction of sp³-hybridized carbons (Fsp3) is 0.182. The largest absolute Gasteiger partial charge is 0.511 e. The van der Waals surface area contributed by atoms with Gasteiger partial charge in [-0.25, -0.2) is 0 Å². The number of aliphatic hydroxyl groups excluding tert-OH is 1. The van der Waals surface area contributed by atoms with Gasteiger partial charge in [0.05, 0.1) is 12.1 Å². The molecule has 1 aliphatic carbocycles. The van der Waals surface area contributed by atoms with E-state index in [1.54, 1.807) is 0 Å². The molecule has 0 aliphatic heterocycles. The van der Waals surface area contributed by atoms with E-state index in [0.29, 0.717) is 25.0 Å². The maximum Gasteiger partial charge on any atom is 0.168 e. The SMILES string of the molecule is O=C1CC(c2ccccc2)CC(O)=C1C=NCc1cc2ccccc2[nH]1. The number of H-pyrrole nitrogens is 1. The zero-order chi connectivity index (χ0) is 17.9. The van der Waals surface area contributed by atoms with Crippen LogP contribution in [-0.4, -0.2) is 22.1 Å². The number of aliphatic imine (C=N–C) groups is 1. The van der Waals surface area contributed by atoms with Crippen LogP contribution in [0.1, 0.15) is 30.0 Å². The maximum absolute atomic E-state index is 12.5. The molecule has 2 N–H and O–H groups in total. The van der Waals surface area contributed by atoms with E-state index >= 15 is 0 Å². The number of allylic oxidation sites excluding steroid dienone is 2. The van der Waals surface area contributed by atoms with Crippen molar-refractivity contribution in [2.45, 2.75) is 25.3 Å². The number of Topliss-reactive ketones (excluding diaryl/α,β-unsaturated/α-hetero) is 1. The van der Waals surface area contributed by atoms with Crippen molar-refractivity contribution in [2.75, 3.05) is 0 Å². The van der Waals surface area contributed by atoms with Crippen LogP contribution < -0.4 is 0 Å². The quantitative estimate of drug-likeness (QED) is 0.674. The van der Waals surface area contributed by atoms with Gasteiger partial charge in [0.2, 0.25) is 0 Å². The monoisotopic (exact) mass is 344 g/mol. The van der Waals surface area contributed by atoms with Gasteiger partial charge in [0.15, 0.2) is 5.78 Å². The minimum Gasteiger partial charge on any atom is -0.511 e. The molecule has 1 aromatic heterocycles. The molecule has 4 nitrogen and oxygen atoms in total. The van der Waals surface area contributed by atoms with E-state index < -0.39 is 0 Å². The third-order valence-corrected chi connectivity index (χ3v) is 4.82. The maximum atomic E-state index is 12.5. The van der Waals surface area contributed by atoms with Crippen LogP contribution >= 0.6 is 0 Å². The van der Waals surface area contributed by atoms with Crippen LogP contribution in [0.2, 0.25) is 0 Å². The van der Waals surface area contributed by atoms with E-state index in [-0.39, 0.29) is 17.5 Å². The minimum atomic E-state index is -0.0528. The van der Waals surface area contributed by atoms with Gasteiger partial charge in [-0.3, -0.25) is 9.79 Å². The van der Waals surface area contributed by atoms with E-state index in [0.717, 1.165) is 22.2 Å². The van der Waals surface area contributed by atoms with Crippen molar-refractivity contribution in [1.29, 1.82) is 0 Å². The van der Waals surface area contributed by atoms with Crippen LogP contribution in [0.15, 0.2) is 77.0 Å². The number of aliphatic hydroxyl groups is 1. The number of aromatic nitrogens is 1. The first kappa shape index (κ1) is 16.3. The van der Waals surface area contributed by atoms with Gasteiger partial charge in [0.25, 0.3) is 0 Å². The molecule has 4 rings (SSSR count). The summed E-state index contributed by atoms with van der Waals surface area (Å²) in [4.78, 5) is 20.1. The van der Waals surface area contributed by atoms with Crippen molar-refractivity contribution >= 4 is 22.9 Å². The predicted octanol–water partition coefficient (Wildman–Crippen LogP) is 4.70. The Hall–Kier alpha value is -3.14. The number of fused-ring (bicyclic) bond motifs is 1. The summed E-state index contributed by atoms with van der Waals surface area (Å²) >= 11 is 0. The molecular weight excluding hydrogens is 324 g/mol. The lowest BCUT2D eigenvalue weighted by molar-refractivity contribution is -0.116. The van der Waals surface area contributed by atoms with Gasteiger partial charge in [-0.2, -0.15) is 0 Å². The normalized spacial score (nSPS) is 18.2. The van der Waals surface area contributed by atoms with Crippen molar-refractivity contribution in [3.8, 4) is 0 Å². The number of benzene rings is 2. The highest BCUT2D eigenvalue weighted by Crippen LogP contribution is 2.32. The number of hydrogen-bond acceptors (Lipinski definition) is 3. The number of carbonyl (C=O) groups is 1. The Kier molecular flexibility index (Phi) is 4.40. The van der Waals surface area contributed by atoms with Gasteiger partial charge >= 0.3 is 0 Å². The first-order valence-electron chi connectivity index (χ1n) is 8.77. The summed E-state index contributed by atoms with van der Waals surface area (Å²) in [6.07, 6.45) is 2.40. The summed E-state index contributed by atoms with van der Waals surface area (Å²) in [6.45, 7) is 0.445. The lowest BCUT2D eigenvalue weighted by atomic mass is 9.83. The lowest BCUT2D eigenvalue weighted by Gasteiger charge is -2.22. The summed E-state index contributed by atoms with van der Waals surface area (Å²) in [5, 5.41) is 11.5. The summed E-state index contributed by atoms with van der Waals surface area (Å²) in [6, 6.07) is 20.0. The molecule has 0 spiro atoms. The van der Waals surface area contributed by atoms with E-state index in [9.17, 15) is 9.90 Å². The second-order valence-electron chi connectivity index (χ2n) is 6.65. The fourth-order valence-corrected chi connectivity index (χ4v) is 3.47. The van der Waals surface area contributed by atoms with Crippen LogP contribution in [0.5, 0.6) is 0 Å². The molecule has 0 radical (unpaired) electrons. The molecular formula is C22H20N2O2. The number of rotatable bonds is 4. The summed E-state index contributed by atoms with van der Waals surface area (Å²) in [5.74, 6) is 0.119. The molecule has 0 fully saturated rings. The molecule has 1 unspecified atom stereocenters. The van der Waals surface area contributed by atoms with Crippen molar-refractivity contribution in [1.82, 2.24) is 4.98 Å². The van der Waals surface area contributed by atoms with E-state index in [4.69, 9.17) is 0 Å².